The van der Waals surface area contributed by atoms with E-state index in [-0.39, 0.29) is 6.03 Å². The third-order valence-electron chi connectivity index (χ3n) is 5.91. The van der Waals surface area contributed by atoms with Gasteiger partial charge in [0.25, 0.3) is 5.89 Å². The predicted molar refractivity (Wildman–Crippen MR) is 127 cm³/mol. The SMILES string of the molecule is COc1ccc(C2NC(=O)N(CCC(C)C)C(C)=C2c2nc(-c3cccc(C)c3)no2)cc1. The van der Waals surface area contributed by atoms with Crippen LogP contribution >= 0.6 is 0 Å². The second kappa shape index (κ2) is 9.48. The van der Waals surface area contributed by atoms with Gasteiger partial charge in [-0.1, -0.05) is 54.9 Å². The summed E-state index contributed by atoms with van der Waals surface area (Å²) in [4.78, 5) is 19.5. The molecule has 1 aliphatic heterocycles. The molecule has 172 valence electrons. The molecule has 1 unspecified atom stereocenters. The van der Waals surface area contributed by atoms with Gasteiger partial charge in [-0.3, -0.25) is 4.90 Å². The van der Waals surface area contributed by atoms with Crippen LogP contribution in [0.2, 0.25) is 0 Å². The molecule has 1 aliphatic rings. The number of hydrogen-bond acceptors (Lipinski definition) is 5. The molecule has 33 heavy (non-hydrogen) atoms. The number of aromatic nitrogens is 2. The Morgan fingerprint density at radius 3 is 2.58 bits per heavy atom. The lowest BCUT2D eigenvalue weighted by atomic mass is 9.94. The van der Waals surface area contributed by atoms with Gasteiger partial charge in [-0.25, -0.2) is 4.79 Å². The summed E-state index contributed by atoms with van der Waals surface area (Å²) in [6, 6.07) is 15.1. The van der Waals surface area contributed by atoms with Crippen molar-refractivity contribution >= 4 is 11.6 Å². The highest BCUT2D eigenvalue weighted by atomic mass is 16.5. The highest BCUT2D eigenvalue weighted by Crippen LogP contribution is 2.38. The van der Waals surface area contributed by atoms with Crippen LogP contribution < -0.4 is 10.1 Å². The van der Waals surface area contributed by atoms with Gasteiger partial charge >= 0.3 is 6.03 Å². The number of nitrogens with zero attached hydrogens (tertiary/aromatic N) is 3. The Morgan fingerprint density at radius 2 is 1.91 bits per heavy atom. The van der Waals surface area contributed by atoms with Crippen molar-refractivity contribution in [3.63, 3.8) is 0 Å². The molecule has 4 rings (SSSR count). The average Bonchev–Trinajstić information content (AvgIpc) is 3.28. The lowest BCUT2D eigenvalue weighted by Gasteiger charge is -2.35. The Morgan fingerprint density at radius 1 is 1.15 bits per heavy atom. The van der Waals surface area contributed by atoms with Crippen molar-refractivity contribution in [1.29, 1.82) is 0 Å². The van der Waals surface area contributed by atoms with Crippen molar-refractivity contribution in [3.8, 4) is 17.1 Å². The summed E-state index contributed by atoms with van der Waals surface area (Å²) in [6.45, 7) is 8.89. The highest BCUT2D eigenvalue weighted by Gasteiger charge is 2.35. The third kappa shape index (κ3) is 4.77. The van der Waals surface area contributed by atoms with E-state index < -0.39 is 6.04 Å². The maximum absolute atomic E-state index is 13.1. The zero-order chi connectivity index (χ0) is 23.5. The number of urea groups is 1. The number of carbonyl (C=O) groups excluding carboxylic acids is 1. The van der Waals surface area contributed by atoms with Gasteiger partial charge in [-0.15, -0.1) is 0 Å². The van der Waals surface area contributed by atoms with Gasteiger partial charge in [-0.2, -0.15) is 4.98 Å². The van der Waals surface area contributed by atoms with E-state index in [4.69, 9.17) is 14.2 Å². The van der Waals surface area contributed by atoms with Crippen molar-refractivity contribution in [2.24, 2.45) is 5.92 Å². The van der Waals surface area contributed by atoms with Crippen LogP contribution in [-0.4, -0.2) is 34.7 Å². The zero-order valence-corrected chi connectivity index (χ0v) is 19.8. The van der Waals surface area contributed by atoms with Gasteiger partial charge in [0.15, 0.2) is 0 Å². The Hall–Kier alpha value is -3.61. The fourth-order valence-corrected chi connectivity index (χ4v) is 4.00. The molecule has 0 fully saturated rings. The fourth-order valence-electron chi connectivity index (χ4n) is 4.00. The minimum absolute atomic E-state index is 0.129. The Bertz CT molecular complexity index is 1160. The lowest BCUT2D eigenvalue weighted by Crippen LogP contribution is -2.46. The first-order valence-corrected chi connectivity index (χ1v) is 11.2. The van der Waals surface area contributed by atoms with Gasteiger partial charge in [0, 0.05) is 17.8 Å². The van der Waals surface area contributed by atoms with E-state index in [2.05, 4.69) is 24.3 Å². The Labute approximate surface area is 194 Å². The Kier molecular flexibility index (Phi) is 6.49. The average molecular weight is 447 g/mol. The lowest BCUT2D eigenvalue weighted by molar-refractivity contribution is 0.202. The van der Waals surface area contributed by atoms with Gasteiger partial charge in [0.05, 0.1) is 18.7 Å². The molecule has 0 saturated carbocycles. The van der Waals surface area contributed by atoms with E-state index in [0.29, 0.717) is 24.2 Å². The van der Waals surface area contributed by atoms with E-state index in [0.717, 1.165) is 40.1 Å². The number of ether oxygens (including phenoxy) is 1. The van der Waals surface area contributed by atoms with Crippen molar-refractivity contribution in [3.05, 3.63) is 71.2 Å². The first-order valence-electron chi connectivity index (χ1n) is 11.2. The van der Waals surface area contributed by atoms with Crippen LogP contribution in [0.4, 0.5) is 4.79 Å². The third-order valence-corrected chi connectivity index (χ3v) is 5.91. The molecule has 1 N–H and O–H groups in total. The number of aryl methyl sites for hydroxylation is 1. The van der Waals surface area contributed by atoms with E-state index in [1.807, 2.05) is 62.4 Å². The molecule has 0 bridgehead atoms. The molecule has 1 atom stereocenters. The number of benzene rings is 2. The summed E-state index contributed by atoms with van der Waals surface area (Å²) in [6.07, 6.45) is 0.892. The van der Waals surface area contributed by atoms with E-state index >= 15 is 0 Å². The van der Waals surface area contributed by atoms with Crippen molar-refractivity contribution in [1.82, 2.24) is 20.4 Å². The number of nitrogens with one attached hydrogen (secondary N) is 1. The summed E-state index contributed by atoms with van der Waals surface area (Å²) in [5.41, 5.74) is 4.54. The first-order chi connectivity index (χ1) is 15.9. The predicted octanol–water partition coefficient (Wildman–Crippen LogP) is 5.60. The standard InChI is InChI=1S/C26H30N4O3/c1-16(2)13-14-30-18(4)22(23(27-26(30)31)19-9-11-21(32-5)12-10-19)25-28-24(29-33-25)20-8-6-7-17(3)15-20/h6-12,15-16,23H,13-14H2,1-5H3,(H,27,31). The second-order valence-electron chi connectivity index (χ2n) is 8.78. The number of rotatable bonds is 7. The Balaban J connectivity index is 1.78. The molecule has 3 aromatic rings. The molecule has 7 nitrogen and oxygen atoms in total. The van der Waals surface area contributed by atoms with Crippen LogP contribution in [0, 0.1) is 12.8 Å². The maximum atomic E-state index is 13.1. The largest absolute Gasteiger partial charge is 0.497 e. The van der Waals surface area contributed by atoms with E-state index in [1.54, 1.807) is 12.0 Å². The quantitative estimate of drug-likeness (QED) is 0.511. The van der Waals surface area contributed by atoms with Gasteiger partial charge in [0.1, 0.15) is 5.75 Å². The van der Waals surface area contributed by atoms with Gasteiger partial charge in [0.2, 0.25) is 5.82 Å². The summed E-state index contributed by atoms with van der Waals surface area (Å²) >= 11 is 0. The molecule has 2 aromatic carbocycles. The smallest absolute Gasteiger partial charge is 0.322 e. The van der Waals surface area contributed by atoms with Gasteiger partial charge < -0.3 is 14.6 Å². The van der Waals surface area contributed by atoms with Gasteiger partial charge in [-0.05, 0) is 49.9 Å². The zero-order valence-electron chi connectivity index (χ0n) is 19.8. The first kappa shape index (κ1) is 22.6. The molecule has 0 saturated heterocycles. The van der Waals surface area contributed by atoms with Crippen LogP contribution in [0.15, 0.2) is 58.8 Å². The normalized spacial score (nSPS) is 16.4. The van der Waals surface area contributed by atoms with Crippen molar-refractivity contribution in [2.45, 2.75) is 40.2 Å². The van der Waals surface area contributed by atoms with E-state index in [1.165, 1.54) is 0 Å². The van der Waals surface area contributed by atoms with Crippen LogP contribution in [0.1, 0.15) is 50.3 Å². The van der Waals surface area contributed by atoms with Crippen LogP contribution in [0.25, 0.3) is 17.0 Å². The highest BCUT2D eigenvalue weighted by molar-refractivity contribution is 5.86. The summed E-state index contributed by atoms with van der Waals surface area (Å²) in [7, 11) is 1.63. The molecular weight excluding hydrogens is 416 g/mol. The summed E-state index contributed by atoms with van der Waals surface area (Å²) < 4.78 is 11.0. The monoisotopic (exact) mass is 446 g/mol. The number of hydrogen-bond donors (Lipinski definition) is 1. The minimum Gasteiger partial charge on any atom is -0.497 e. The topological polar surface area (TPSA) is 80.5 Å². The molecule has 0 aliphatic carbocycles. The molecular formula is C26H30N4O3. The second-order valence-corrected chi connectivity index (χ2v) is 8.78. The number of carbonyl (C=O) groups is 1. The maximum Gasteiger partial charge on any atom is 0.322 e. The number of amides is 2. The fraction of sp³-hybridized carbons (Fsp3) is 0.346. The molecule has 2 heterocycles. The molecule has 2 amide bonds. The van der Waals surface area contributed by atoms with Crippen molar-refractivity contribution in [2.75, 3.05) is 13.7 Å². The van der Waals surface area contributed by atoms with Crippen molar-refractivity contribution < 1.29 is 14.1 Å². The number of allylic oxidation sites excluding steroid dienone is 1. The van der Waals surface area contributed by atoms with Crippen LogP contribution in [-0.2, 0) is 0 Å². The molecule has 0 spiro atoms. The van der Waals surface area contributed by atoms with Crippen LogP contribution in [0.5, 0.6) is 5.75 Å². The molecule has 0 radical (unpaired) electrons. The van der Waals surface area contributed by atoms with Crippen LogP contribution in [0.3, 0.4) is 0 Å². The molecule has 1 aromatic heterocycles. The summed E-state index contributed by atoms with van der Waals surface area (Å²) in [5, 5.41) is 7.38. The minimum atomic E-state index is -0.412. The number of methoxy groups -OCH3 is 1. The molecule has 7 heteroatoms. The summed E-state index contributed by atoms with van der Waals surface area (Å²) in [5.74, 6) is 2.15. The van der Waals surface area contributed by atoms with E-state index in [9.17, 15) is 4.79 Å².